The average molecular weight is 245 g/mol. The van der Waals surface area contributed by atoms with Gasteiger partial charge in [0.25, 0.3) is 0 Å². The van der Waals surface area contributed by atoms with Crippen molar-refractivity contribution in [3.63, 3.8) is 0 Å². The van der Waals surface area contributed by atoms with Gasteiger partial charge in [-0.25, -0.2) is 4.79 Å². The minimum atomic E-state index is -0.401. The largest absolute Gasteiger partial charge is 0.446 e. The van der Waals surface area contributed by atoms with Gasteiger partial charge in [-0.1, -0.05) is 12.1 Å². The van der Waals surface area contributed by atoms with Gasteiger partial charge in [0.15, 0.2) is 0 Å². The maximum absolute atomic E-state index is 11.9. The Morgan fingerprint density at radius 1 is 1.50 bits per heavy atom. The summed E-state index contributed by atoms with van der Waals surface area (Å²) < 4.78 is 5.29. The molecule has 1 aromatic carbocycles. The number of nitrogens with zero attached hydrogens (tertiary/aromatic N) is 2. The highest BCUT2D eigenvalue weighted by atomic mass is 16.6. The minimum Gasteiger partial charge on any atom is -0.446 e. The van der Waals surface area contributed by atoms with Gasteiger partial charge in [-0.3, -0.25) is 4.90 Å². The lowest BCUT2D eigenvalue weighted by molar-refractivity contribution is 0.0806. The Labute approximate surface area is 106 Å². The summed E-state index contributed by atoms with van der Waals surface area (Å²) in [5.74, 6) is 0. The summed E-state index contributed by atoms with van der Waals surface area (Å²) in [5.41, 5.74) is 6.53. The molecule has 2 N–H and O–H groups in total. The summed E-state index contributed by atoms with van der Waals surface area (Å²) in [7, 11) is 0. The zero-order chi connectivity index (χ0) is 13.0. The van der Waals surface area contributed by atoms with E-state index in [4.69, 9.17) is 15.7 Å². The van der Waals surface area contributed by atoms with E-state index in [1.807, 2.05) is 0 Å². The summed E-state index contributed by atoms with van der Waals surface area (Å²) in [4.78, 5) is 13.4. The number of hydrogen-bond acceptors (Lipinski definition) is 4. The van der Waals surface area contributed by atoms with Gasteiger partial charge in [0.05, 0.1) is 11.3 Å². The molecule has 1 atom stereocenters. The molecule has 1 amide bonds. The van der Waals surface area contributed by atoms with E-state index in [2.05, 4.69) is 6.07 Å². The molecule has 0 spiro atoms. The topological polar surface area (TPSA) is 79.3 Å². The molecule has 0 radical (unpaired) electrons. The molecule has 1 saturated heterocycles. The maximum atomic E-state index is 11.9. The van der Waals surface area contributed by atoms with E-state index < -0.39 is 6.09 Å². The fourth-order valence-electron chi connectivity index (χ4n) is 2.04. The number of anilines is 1. The molecule has 94 valence electrons. The van der Waals surface area contributed by atoms with Crippen molar-refractivity contribution in [2.24, 2.45) is 5.73 Å². The molecule has 1 aromatic rings. The normalized spacial score (nSPS) is 19.2. The molecule has 5 nitrogen and oxygen atoms in total. The standard InChI is InChI=1S/C13H15N3O2/c14-7-5-11-6-8-16(13(17)18-11)12-4-2-1-3-10(12)9-15/h1-4,11H,5-8,14H2. The van der Waals surface area contributed by atoms with Crippen molar-refractivity contribution in [2.45, 2.75) is 18.9 Å². The molecule has 1 aliphatic rings. The molecule has 18 heavy (non-hydrogen) atoms. The van der Waals surface area contributed by atoms with Gasteiger partial charge in [-0.2, -0.15) is 5.26 Å². The van der Waals surface area contributed by atoms with Crippen LogP contribution in [0.15, 0.2) is 24.3 Å². The molecule has 0 aliphatic carbocycles. The second-order valence-electron chi connectivity index (χ2n) is 4.15. The third-order valence-electron chi connectivity index (χ3n) is 2.97. The molecule has 0 bridgehead atoms. The Bertz CT molecular complexity index is 481. The smallest absolute Gasteiger partial charge is 0.414 e. The van der Waals surface area contributed by atoms with Crippen molar-refractivity contribution in [1.29, 1.82) is 5.26 Å². The number of amides is 1. The zero-order valence-corrected chi connectivity index (χ0v) is 10.0. The van der Waals surface area contributed by atoms with Crippen LogP contribution in [0.25, 0.3) is 0 Å². The first-order chi connectivity index (χ1) is 8.76. The number of hydrogen-bond donors (Lipinski definition) is 1. The van der Waals surface area contributed by atoms with Gasteiger partial charge in [-0.05, 0) is 25.1 Å². The van der Waals surface area contributed by atoms with Crippen molar-refractivity contribution in [3.05, 3.63) is 29.8 Å². The van der Waals surface area contributed by atoms with Gasteiger partial charge < -0.3 is 10.5 Å². The highest BCUT2D eigenvalue weighted by molar-refractivity contribution is 5.90. The van der Waals surface area contributed by atoms with E-state index in [0.29, 0.717) is 30.8 Å². The van der Waals surface area contributed by atoms with Crippen LogP contribution in [-0.4, -0.2) is 25.3 Å². The van der Waals surface area contributed by atoms with Crippen LogP contribution in [0.3, 0.4) is 0 Å². The molecule has 1 fully saturated rings. The molecule has 1 aliphatic heterocycles. The van der Waals surface area contributed by atoms with E-state index in [-0.39, 0.29) is 6.10 Å². The van der Waals surface area contributed by atoms with Gasteiger partial charge in [0, 0.05) is 13.0 Å². The summed E-state index contributed by atoms with van der Waals surface area (Å²) in [5, 5.41) is 9.03. The zero-order valence-electron chi connectivity index (χ0n) is 10.0. The van der Waals surface area contributed by atoms with Gasteiger partial charge in [-0.15, -0.1) is 0 Å². The van der Waals surface area contributed by atoms with Crippen molar-refractivity contribution in [2.75, 3.05) is 18.0 Å². The molecular weight excluding hydrogens is 230 g/mol. The lowest BCUT2D eigenvalue weighted by atomic mass is 10.1. The van der Waals surface area contributed by atoms with Crippen LogP contribution in [0.5, 0.6) is 0 Å². The molecule has 0 saturated carbocycles. The lowest BCUT2D eigenvalue weighted by Crippen LogP contribution is -2.43. The maximum Gasteiger partial charge on any atom is 0.414 e. The Kier molecular flexibility index (Phi) is 3.80. The summed E-state index contributed by atoms with van der Waals surface area (Å²) in [6, 6.07) is 9.10. The van der Waals surface area contributed by atoms with Crippen molar-refractivity contribution >= 4 is 11.8 Å². The monoisotopic (exact) mass is 245 g/mol. The van der Waals surface area contributed by atoms with E-state index in [1.54, 1.807) is 24.3 Å². The third kappa shape index (κ3) is 2.44. The van der Waals surface area contributed by atoms with E-state index in [9.17, 15) is 4.79 Å². The number of nitrogens with two attached hydrogens (primary N) is 1. The van der Waals surface area contributed by atoms with Crippen LogP contribution in [0.4, 0.5) is 10.5 Å². The second-order valence-corrected chi connectivity index (χ2v) is 4.15. The SMILES string of the molecule is N#Cc1ccccc1N1CCC(CCN)OC1=O. The quantitative estimate of drug-likeness (QED) is 0.877. The number of cyclic esters (lactones) is 1. The number of rotatable bonds is 3. The fraction of sp³-hybridized carbons (Fsp3) is 0.385. The van der Waals surface area contributed by atoms with E-state index in [0.717, 1.165) is 6.42 Å². The average Bonchev–Trinajstić information content (AvgIpc) is 2.39. The Balaban J connectivity index is 2.16. The third-order valence-corrected chi connectivity index (χ3v) is 2.97. The second kappa shape index (κ2) is 5.52. The summed E-state index contributed by atoms with van der Waals surface area (Å²) in [6.45, 7) is 1.06. The van der Waals surface area contributed by atoms with E-state index >= 15 is 0 Å². The highest BCUT2D eigenvalue weighted by Gasteiger charge is 2.28. The first-order valence-electron chi connectivity index (χ1n) is 5.93. The Hall–Kier alpha value is -2.06. The molecule has 2 rings (SSSR count). The van der Waals surface area contributed by atoms with Crippen molar-refractivity contribution in [3.8, 4) is 6.07 Å². The van der Waals surface area contributed by atoms with Gasteiger partial charge in [0.2, 0.25) is 0 Å². The molecule has 0 aromatic heterocycles. The number of benzene rings is 1. The van der Waals surface area contributed by atoms with Crippen LogP contribution in [0.1, 0.15) is 18.4 Å². The molecule has 5 heteroatoms. The van der Waals surface area contributed by atoms with Crippen LogP contribution in [0.2, 0.25) is 0 Å². The Morgan fingerprint density at radius 3 is 2.94 bits per heavy atom. The van der Waals surface area contributed by atoms with Crippen LogP contribution in [0, 0.1) is 11.3 Å². The first-order valence-corrected chi connectivity index (χ1v) is 5.93. The number of carbonyl (C=O) groups is 1. The van der Waals surface area contributed by atoms with Crippen LogP contribution in [-0.2, 0) is 4.74 Å². The summed E-state index contributed by atoms with van der Waals surface area (Å²) in [6.07, 6.45) is 0.915. The number of nitriles is 1. The van der Waals surface area contributed by atoms with E-state index in [1.165, 1.54) is 4.90 Å². The predicted octanol–water partition coefficient (Wildman–Crippen LogP) is 1.62. The number of carbonyl (C=O) groups excluding carboxylic acids is 1. The lowest BCUT2D eigenvalue weighted by Gasteiger charge is -2.32. The summed E-state index contributed by atoms with van der Waals surface area (Å²) >= 11 is 0. The van der Waals surface area contributed by atoms with Crippen LogP contribution >= 0.6 is 0 Å². The van der Waals surface area contributed by atoms with Crippen molar-refractivity contribution < 1.29 is 9.53 Å². The molecular formula is C13H15N3O2. The number of ether oxygens (including phenoxy) is 1. The highest BCUT2D eigenvalue weighted by Crippen LogP contribution is 2.25. The fourth-order valence-corrected chi connectivity index (χ4v) is 2.04. The van der Waals surface area contributed by atoms with Crippen LogP contribution < -0.4 is 10.6 Å². The molecule has 1 heterocycles. The van der Waals surface area contributed by atoms with Crippen molar-refractivity contribution in [1.82, 2.24) is 0 Å². The van der Waals surface area contributed by atoms with Gasteiger partial charge in [0.1, 0.15) is 12.2 Å². The first kappa shape index (κ1) is 12.4. The predicted molar refractivity (Wildman–Crippen MR) is 67.1 cm³/mol. The minimum absolute atomic E-state index is 0.104. The number of para-hydroxylation sites is 1. The van der Waals surface area contributed by atoms with Gasteiger partial charge >= 0.3 is 6.09 Å². The Morgan fingerprint density at radius 2 is 2.28 bits per heavy atom. The molecule has 1 unspecified atom stereocenters.